The second-order valence-electron chi connectivity index (χ2n) is 7.14. The van der Waals surface area contributed by atoms with E-state index in [0.29, 0.717) is 10.8 Å². The molecule has 0 atom stereocenters. The number of fused-ring (bicyclic) bond motifs is 1. The Bertz CT molecular complexity index is 1290. The summed E-state index contributed by atoms with van der Waals surface area (Å²) in [6.07, 6.45) is 2.55. The van der Waals surface area contributed by atoms with Gasteiger partial charge >= 0.3 is 0 Å². The summed E-state index contributed by atoms with van der Waals surface area (Å²) in [4.78, 5) is 25.8. The van der Waals surface area contributed by atoms with Gasteiger partial charge in [0.2, 0.25) is 0 Å². The number of aryl methyl sites for hydroxylation is 1. The average molecular weight is 410 g/mol. The van der Waals surface area contributed by atoms with Gasteiger partial charge in [0.05, 0.1) is 18.1 Å². The van der Waals surface area contributed by atoms with E-state index in [4.69, 9.17) is 0 Å². The van der Waals surface area contributed by atoms with Crippen LogP contribution in [0.3, 0.4) is 0 Å². The predicted molar refractivity (Wildman–Crippen MR) is 122 cm³/mol. The lowest BCUT2D eigenvalue weighted by Gasteiger charge is -2.10. The number of carbonyl (C=O) groups is 1. The van der Waals surface area contributed by atoms with Crippen LogP contribution >= 0.6 is 0 Å². The molecule has 0 fully saturated rings. The molecule has 0 bridgehead atoms. The van der Waals surface area contributed by atoms with Crippen LogP contribution in [0.5, 0.6) is 0 Å². The third kappa shape index (κ3) is 4.59. The zero-order valence-corrected chi connectivity index (χ0v) is 17.2. The standard InChI is InChI=1S/C25H22N4O2/c1-2-18-12-14-19(15-13-18)16-26-27-24(30)23-21-10-6-7-11-22(21)25(31)29(28-23)17-20-8-4-3-5-9-20/h3-16H,2,17H2,1H3,(H,27,30). The highest BCUT2D eigenvalue weighted by Gasteiger charge is 2.16. The van der Waals surface area contributed by atoms with Gasteiger partial charge in [0.1, 0.15) is 0 Å². The first-order chi connectivity index (χ1) is 15.2. The second kappa shape index (κ2) is 9.17. The molecule has 0 aliphatic carbocycles. The van der Waals surface area contributed by atoms with Crippen molar-refractivity contribution < 1.29 is 4.79 Å². The highest BCUT2D eigenvalue weighted by atomic mass is 16.2. The number of amides is 1. The lowest BCUT2D eigenvalue weighted by molar-refractivity contribution is 0.0949. The van der Waals surface area contributed by atoms with Gasteiger partial charge in [0, 0.05) is 5.39 Å². The SMILES string of the molecule is CCc1ccc(C=NNC(=O)c2nn(Cc3ccccc3)c(=O)c3ccccc23)cc1. The molecule has 6 heteroatoms. The van der Waals surface area contributed by atoms with Crippen molar-refractivity contribution in [3.8, 4) is 0 Å². The van der Waals surface area contributed by atoms with Crippen molar-refractivity contribution >= 4 is 22.9 Å². The first-order valence-electron chi connectivity index (χ1n) is 10.1. The summed E-state index contributed by atoms with van der Waals surface area (Å²) in [6.45, 7) is 2.37. The van der Waals surface area contributed by atoms with Gasteiger partial charge in [0.25, 0.3) is 11.5 Å². The molecule has 0 aliphatic heterocycles. The van der Waals surface area contributed by atoms with Crippen LogP contribution in [-0.2, 0) is 13.0 Å². The zero-order chi connectivity index (χ0) is 21.6. The molecule has 0 saturated heterocycles. The van der Waals surface area contributed by atoms with Crippen molar-refractivity contribution in [1.29, 1.82) is 0 Å². The zero-order valence-electron chi connectivity index (χ0n) is 17.2. The van der Waals surface area contributed by atoms with Crippen molar-refractivity contribution in [2.45, 2.75) is 19.9 Å². The molecule has 1 aromatic heterocycles. The van der Waals surface area contributed by atoms with Crippen LogP contribution in [0.2, 0.25) is 0 Å². The van der Waals surface area contributed by atoms with Crippen molar-refractivity contribution in [2.75, 3.05) is 0 Å². The number of hydrazone groups is 1. The number of benzene rings is 3. The quantitative estimate of drug-likeness (QED) is 0.388. The average Bonchev–Trinajstić information content (AvgIpc) is 2.82. The molecule has 0 spiro atoms. The Labute approximate surface area is 179 Å². The molecular formula is C25H22N4O2. The number of hydrogen-bond acceptors (Lipinski definition) is 4. The van der Waals surface area contributed by atoms with E-state index in [9.17, 15) is 9.59 Å². The molecule has 31 heavy (non-hydrogen) atoms. The van der Waals surface area contributed by atoms with E-state index in [1.807, 2.05) is 54.6 Å². The van der Waals surface area contributed by atoms with Gasteiger partial charge in [-0.1, -0.05) is 79.7 Å². The third-order valence-corrected chi connectivity index (χ3v) is 5.03. The molecule has 3 aromatic carbocycles. The van der Waals surface area contributed by atoms with Crippen LogP contribution in [0.1, 0.15) is 34.1 Å². The smallest absolute Gasteiger partial charge is 0.267 e. The van der Waals surface area contributed by atoms with Crippen LogP contribution in [0.15, 0.2) is 88.8 Å². The number of rotatable bonds is 6. The van der Waals surface area contributed by atoms with Gasteiger partial charge in [-0.05, 0) is 29.2 Å². The minimum Gasteiger partial charge on any atom is -0.267 e. The molecule has 1 amide bonds. The topological polar surface area (TPSA) is 76.3 Å². The Balaban J connectivity index is 1.63. The Hall–Kier alpha value is -4.06. The summed E-state index contributed by atoms with van der Waals surface area (Å²) >= 11 is 0. The van der Waals surface area contributed by atoms with Gasteiger partial charge in [0.15, 0.2) is 5.69 Å². The fraction of sp³-hybridized carbons (Fsp3) is 0.120. The van der Waals surface area contributed by atoms with Crippen LogP contribution in [0, 0.1) is 0 Å². The molecule has 0 radical (unpaired) electrons. The number of nitrogens with one attached hydrogen (secondary N) is 1. The Morgan fingerprint density at radius 1 is 0.935 bits per heavy atom. The minimum absolute atomic E-state index is 0.157. The van der Waals surface area contributed by atoms with Gasteiger partial charge in [-0.2, -0.15) is 10.2 Å². The van der Waals surface area contributed by atoms with Crippen molar-refractivity contribution in [2.24, 2.45) is 5.10 Å². The molecule has 6 nitrogen and oxygen atoms in total. The third-order valence-electron chi connectivity index (χ3n) is 5.03. The van der Waals surface area contributed by atoms with E-state index in [2.05, 4.69) is 22.5 Å². The maximum absolute atomic E-state index is 12.9. The fourth-order valence-corrected chi connectivity index (χ4v) is 3.32. The lowest BCUT2D eigenvalue weighted by atomic mass is 10.1. The maximum Gasteiger partial charge on any atom is 0.292 e. The summed E-state index contributed by atoms with van der Waals surface area (Å²) in [6, 6.07) is 24.5. The summed E-state index contributed by atoms with van der Waals surface area (Å²) in [5.41, 5.74) is 5.48. The summed E-state index contributed by atoms with van der Waals surface area (Å²) in [7, 11) is 0. The van der Waals surface area contributed by atoms with Crippen molar-refractivity contribution in [3.05, 3.63) is 112 Å². The second-order valence-corrected chi connectivity index (χ2v) is 7.14. The predicted octanol–water partition coefficient (Wildman–Crippen LogP) is 3.77. The van der Waals surface area contributed by atoms with E-state index in [-0.39, 0.29) is 17.8 Å². The first-order valence-corrected chi connectivity index (χ1v) is 10.1. The molecule has 4 aromatic rings. The van der Waals surface area contributed by atoms with Gasteiger partial charge in [-0.15, -0.1) is 0 Å². The van der Waals surface area contributed by atoms with E-state index in [0.717, 1.165) is 17.5 Å². The number of hydrogen-bond donors (Lipinski definition) is 1. The van der Waals surface area contributed by atoms with Crippen molar-refractivity contribution in [3.63, 3.8) is 0 Å². The van der Waals surface area contributed by atoms with E-state index >= 15 is 0 Å². The summed E-state index contributed by atoms with van der Waals surface area (Å²) < 4.78 is 1.32. The van der Waals surface area contributed by atoms with Gasteiger partial charge < -0.3 is 0 Å². The highest BCUT2D eigenvalue weighted by Crippen LogP contribution is 2.14. The molecular weight excluding hydrogens is 388 g/mol. The molecule has 1 N–H and O–H groups in total. The van der Waals surface area contributed by atoms with E-state index in [1.54, 1.807) is 30.5 Å². The van der Waals surface area contributed by atoms with E-state index in [1.165, 1.54) is 10.2 Å². The first kappa shape index (κ1) is 20.2. The Kier molecular flexibility index (Phi) is 5.98. The normalized spacial score (nSPS) is 11.1. The van der Waals surface area contributed by atoms with Crippen LogP contribution in [0.4, 0.5) is 0 Å². The molecule has 154 valence electrons. The molecule has 0 unspecified atom stereocenters. The van der Waals surface area contributed by atoms with Crippen LogP contribution in [0.25, 0.3) is 10.8 Å². The van der Waals surface area contributed by atoms with Gasteiger partial charge in [-0.3, -0.25) is 9.59 Å². The van der Waals surface area contributed by atoms with E-state index < -0.39 is 5.91 Å². The Morgan fingerprint density at radius 2 is 1.61 bits per heavy atom. The Morgan fingerprint density at radius 3 is 2.32 bits per heavy atom. The summed E-state index contributed by atoms with van der Waals surface area (Å²) in [5, 5.41) is 9.37. The molecule has 0 saturated carbocycles. The largest absolute Gasteiger partial charge is 0.292 e. The highest BCUT2D eigenvalue weighted by molar-refractivity contribution is 6.04. The lowest BCUT2D eigenvalue weighted by Crippen LogP contribution is -2.29. The van der Waals surface area contributed by atoms with Crippen molar-refractivity contribution in [1.82, 2.24) is 15.2 Å². The fourth-order valence-electron chi connectivity index (χ4n) is 3.32. The monoisotopic (exact) mass is 410 g/mol. The number of aromatic nitrogens is 2. The van der Waals surface area contributed by atoms with Crippen LogP contribution in [-0.4, -0.2) is 21.9 Å². The number of nitrogens with zero attached hydrogens (tertiary/aromatic N) is 3. The minimum atomic E-state index is -0.473. The number of carbonyl (C=O) groups excluding carboxylic acids is 1. The summed E-state index contributed by atoms with van der Waals surface area (Å²) in [5.74, 6) is -0.473. The molecule has 0 aliphatic rings. The van der Waals surface area contributed by atoms with Gasteiger partial charge in [-0.25, -0.2) is 10.1 Å². The maximum atomic E-state index is 12.9. The molecule has 4 rings (SSSR count). The van der Waals surface area contributed by atoms with Crippen LogP contribution < -0.4 is 11.0 Å². The molecule has 1 heterocycles.